The highest BCUT2D eigenvalue weighted by atomic mass is 79.9. The van der Waals surface area contributed by atoms with E-state index in [1.165, 1.54) is 7.11 Å². The van der Waals surface area contributed by atoms with E-state index in [2.05, 4.69) is 31.4 Å². The Morgan fingerprint density at radius 2 is 2.04 bits per heavy atom. The van der Waals surface area contributed by atoms with Gasteiger partial charge in [-0.05, 0) is 40.5 Å². The second-order valence-corrected chi connectivity index (χ2v) is 7.27. The summed E-state index contributed by atoms with van der Waals surface area (Å²) in [5.74, 6) is 0.447. The normalized spacial score (nSPS) is 11.0. The first kappa shape index (κ1) is 17.4. The van der Waals surface area contributed by atoms with E-state index in [-0.39, 0.29) is 5.75 Å². The Kier molecular flexibility index (Phi) is 5.35. The molecule has 0 atom stereocenters. The summed E-state index contributed by atoms with van der Waals surface area (Å²) in [5, 5.41) is 14.8. The van der Waals surface area contributed by atoms with E-state index in [1.54, 1.807) is 29.7 Å². The highest BCUT2D eigenvalue weighted by Gasteiger charge is 2.09. The van der Waals surface area contributed by atoms with Gasteiger partial charge in [-0.1, -0.05) is 30.3 Å². The van der Waals surface area contributed by atoms with Gasteiger partial charge in [-0.25, -0.2) is 4.98 Å². The number of hydrogen-bond donors (Lipinski definition) is 2. The number of hydrogen-bond acceptors (Lipinski definition) is 6. The van der Waals surface area contributed by atoms with Gasteiger partial charge in [0.05, 0.1) is 23.5 Å². The number of phenols is 1. The number of halogens is 1. The quantitative estimate of drug-likeness (QED) is 0.450. The average Bonchev–Trinajstić information content (AvgIpc) is 2.99. The van der Waals surface area contributed by atoms with Crippen molar-refractivity contribution in [3.8, 4) is 22.8 Å². The number of hydrazone groups is 1. The van der Waals surface area contributed by atoms with E-state index in [9.17, 15) is 5.11 Å². The molecule has 1 heterocycles. The van der Waals surface area contributed by atoms with Gasteiger partial charge in [0.25, 0.3) is 0 Å². The third kappa shape index (κ3) is 4.00. The van der Waals surface area contributed by atoms with Crippen LogP contribution in [0.4, 0.5) is 5.13 Å². The van der Waals surface area contributed by atoms with E-state index < -0.39 is 0 Å². The lowest BCUT2D eigenvalue weighted by Gasteiger charge is -2.06. The number of phenolic OH excluding ortho intramolecular Hbond substituents is 1. The number of anilines is 1. The molecular weight excluding hydrogens is 402 g/mol. The molecule has 0 fully saturated rings. The molecule has 1 aromatic heterocycles. The first-order valence-corrected chi connectivity index (χ1v) is 9.08. The maximum Gasteiger partial charge on any atom is 0.204 e. The number of aromatic nitrogens is 1. The van der Waals surface area contributed by atoms with E-state index in [4.69, 9.17) is 4.74 Å². The van der Waals surface area contributed by atoms with Gasteiger partial charge >= 0.3 is 0 Å². The van der Waals surface area contributed by atoms with Gasteiger partial charge in [-0.2, -0.15) is 5.10 Å². The second kappa shape index (κ2) is 7.67. The smallest absolute Gasteiger partial charge is 0.204 e. The van der Waals surface area contributed by atoms with Crippen LogP contribution in [0.2, 0.25) is 0 Å². The third-order valence-corrected chi connectivity index (χ3v) is 4.97. The van der Waals surface area contributed by atoms with E-state index in [0.29, 0.717) is 10.2 Å². The Labute approximate surface area is 158 Å². The Morgan fingerprint density at radius 3 is 2.76 bits per heavy atom. The molecule has 5 nitrogen and oxygen atoms in total. The van der Waals surface area contributed by atoms with Crippen molar-refractivity contribution in [1.82, 2.24) is 4.98 Å². The van der Waals surface area contributed by atoms with E-state index >= 15 is 0 Å². The van der Waals surface area contributed by atoms with Crippen molar-refractivity contribution in [2.24, 2.45) is 5.10 Å². The summed E-state index contributed by atoms with van der Waals surface area (Å²) in [6.07, 6.45) is 1.64. The Morgan fingerprint density at radius 1 is 1.28 bits per heavy atom. The van der Waals surface area contributed by atoms with Crippen molar-refractivity contribution in [3.63, 3.8) is 0 Å². The van der Waals surface area contributed by atoms with E-state index in [1.807, 2.05) is 37.3 Å². The zero-order valence-corrected chi connectivity index (χ0v) is 16.1. The van der Waals surface area contributed by atoms with Crippen molar-refractivity contribution >= 4 is 38.6 Å². The zero-order chi connectivity index (χ0) is 17.8. The molecule has 0 saturated carbocycles. The van der Waals surface area contributed by atoms with Crippen LogP contribution in [0.25, 0.3) is 11.3 Å². The molecule has 0 aliphatic carbocycles. The molecule has 0 spiro atoms. The Balaban J connectivity index is 1.76. The van der Waals surface area contributed by atoms with Crippen LogP contribution in [-0.2, 0) is 0 Å². The topological polar surface area (TPSA) is 66.7 Å². The number of aryl methyl sites for hydroxylation is 1. The molecule has 2 aromatic carbocycles. The summed E-state index contributed by atoms with van der Waals surface area (Å²) in [6, 6.07) is 13.5. The van der Waals surface area contributed by atoms with Crippen molar-refractivity contribution in [2.45, 2.75) is 6.92 Å². The summed E-state index contributed by atoms with van der Waals surface area (Å²) in [4.78, 5) is 5.72. The molecule has 0 aliphatic heterocycles. The maximum absolute atomic E-state index is 9.83. The Hall–Kier alpha value is -2.38. The molecule has 2 N–H and O–H groups in total. The average molecular weight is 418 g/mol. The summed E-state index contributed by atoms with van der Waals surface area (Å²) >= 11 is 4.84. The second-order valence-electron chi connectivity index (χ2n) is 5.21. The fourth-order valence-corrected chi connectivity index (χ4v) is 3.54. The van der Waals surface area contributed by atoms with Crippen molar-refractivity contribution in [1.29, 1.82) is 0 Å². The molecule has 0 bridgehead atoms. The number of aromatic hydroxyl groups is 1. The predicted octanol–water partition coefficient (Wildman–Crippen LogP) is 5.04. The molecule has 128 valence electrons. The molecule has 0 radical (unpaired) electrons. The van der Waals surface area contributed by atoms with Crippen LogP contribution in [0.5, 0.6) is 11.5 Å². The zero-order valence-electron chi connectivity index (χ0n) is 13.7. The fourth-order valence-electron chi connectivity index (χ4n) is 2.29. The van der Waals surface area contributed by atoms with Gasteiger partial charge in [0.15, 0.2) is 11.5 Å². The summed E-state index contributed by atoms with van der Waals surface area (Å²) < 4.78 is 5.67. The van der Waals surface area contributed by atoms with Crippen LogP contribution in [0.15, 0.2) is 52.0 Å². The summed E-state index contributed by atoms with van der Waals surface area (Å²) in [7, 11) is 1.50. The van der Waals surface area contributed by atoms with Crippen LogP contribution in [-0.4, -0.2) is 23.4 Å². The number of benzene rings is 2. The lowest BCUT2D eigenvalue weighted by molar-refractivity contribution is 0.372. The Bertz CT molecular complexity index is 910. The summed E-state index contributed by atoms with van der Waals surface area (Å²) in [5.41, 5.74) is 5.78. The molecular formula is C18H16BrN3O2S. The van der Waals surface area contributed by atoms with Gasteiger partial charge in [-0.3, -0.25) is 5.43 Å². The van der Waals surface area contributed by atoms with Crippen LogP contribution in [0.3, 0.4) is 0 Å². The fraction of sp³-hybridized carbons (Fsp3) is 0.111. The largest absolute Gasteiger partial charge is 0.503 e. The molecule has 3 aromatic rings. The monoisotopic (exact) mass is 417 g/mol. The molecule has 3 rings (SSSR count). The van der Waals surface area contributed by atoms with Gasteiger partial charge < -0.3 is 9.84 Å². The molecule has 0 aliphatic rings. The highest BCUT2D eigenvalue weighted by molar-refractivity contribution is 9.10. The number of rotatable bonds is 5. The van der Waals surface area contributed by atoms with Crippen LogP contribution < -0.4 is 10.2 Å². The minimum Gasteiger partial charge on any atom is -0.503 e. The number of methoxy groups -OCH3 is 1. The van der Waals surface area contributed by atoms with Gasteiger partial charge in [0.2, 0.25) is 5.13 Å². The third-order valence-electron chi connectivity index (χ3n) is 3.49. The predicted molar refractivity (Wildman–Crippen MR) is 106 cm³/mol. The molecule has 0 unspecified atom stereocenters. The molecule has 7 heteroatoms. The standard InChI is InChI=1S/C18H16BrN3O2S/c1-11-16(13-6-4-3-5-7-13)21-18(25-11)22-20-10-12-8-14(19)17(23)15(9-12)24-2/h3-10,23H,1-2H3,(H,21,22)/b20-10+. The highest BCUT2D eigenvalue weighted by Crippen LogP contribution is 2.35. The van der Waals surface area contributed by atoms with Crippen LogP contribution in [0.1, 0.15) is 10.4 Å². The SMILES string of the molecule is COc1cc(/C=N/Nc2nc(-c3ccccc3)c(C)s2)cc(Br)c1O. The van der Waals surface area contributed by atoms with Gasteiger partial charge in [-0.15, -0.1) is 11.3 Å². The van der Waals surface area contributed by atoms with Gasteiger partial charge in [0, 0.05) is 10.4 Å². The maximum atomic E-state index is 9.83. The molecule has 0 saturated heterocycles. The minimum absolute atomic E-state index is 0.0654. The van der Waals surface area contributed by atoms with E-state index in [0.717, 1.165) is 26.8 Å². The van der Waals surface area contributed by atoms with Gasteiger partial charge in [0.1, 0.15) is 0 Å². The number of thiazole rings is 1. The summed E-state index contributed by atoms with van der Waals surface area (Å²) in [6.45, 7) is 2.04. The number of ether oxygens (including phenoxy) is 1. The minimum atomic E-state index is 0.0654. The lowest BCUT2D eigenvalue weighted by atomic mass is 10.1. The van der Waals surface area contributed by atoms with Crippen molar-refractivity contribution < 1.29 is 9.84 Å². The lowest BCUT2D eigenvalue weighted by Crippen LogP contribution is -1.92. The first-order valence-electron chi connectivity index (χ1n) is 7.47. The van der Waals surface area contributed by atoms with Crippen molar-refractivity contribution in [3.05, 3.63) is 57.4 Å². The number of nitrogens with one attached hydrogen (secondary N) is 1. The number of nitrogens with zero attached hydrogens (tertiary/aromatic N) is 2. The van der Waals surface area contributed by atoms with Crippen molar-refractivity contribution in [2.75, 3.05) is 12.5 Å². The first-order chi connectivity index (χ1) is 12.1. The van der Waals surface area contributed by atoms with Crippen LogP contribution in [0, 0.1) is 6.92 Å². The molecule has 0 amide bonds. The molecule has 25 heavy (non-hydrogen) atoms. The van der Waals surface area contributed by atoms with Crippen LogP contribution >= 0.6 is 27.3 Å².